The minimum Gasteiger partial charge on any atom is -0.497 e. The number of aryl methyl sites for hydroxylation is 1. The second-order valence-electron chi connectivity index (χ2n) is 4.53. The summed E-state index contributed by atoms with van der Waals surface area (Å²) in [5.74, 6) is 1.61. The quantitative estimate of drug-likeness (QED) is 0.797. The molecule has 0 radical (unpaired) electrons. The molecule has 2 nitrogen and oxygen atoms in total. The highest BCUT2D eigenvalue weighted by Gasteiger charge is 2.10. The molecule has 16 heavy (non-hydrogen) atoms. The van der Waals surface area contributed by atoms with Gasteiger partial charge in [0.2, 0.25) is 0 Å². The van der Waals surface area contributed by atoms with Crippen molar-refractivity contribution < 1.29 is 4.74 Å². The van der Waals surface area contributed by atoms with Crippen molar-refractivity contribution in [1.29, 1.82) is 0 Å². The molecule has 1 aromatic rings. The Morgan fingerprint density at radius 3 is 2.25 bits per heavy atom. The lowest BCUT2D eigenvalue weighted by Gasteiger charge is -2.19. The maximum atomic E-state index is 5.14. The van der Waals surface area contributed by atoms with Crippen LogP contribution >= 0.6 is 0 Å². The van der Waals surface area contributed by atoms with E-state index in [4.69, 9.17) is 4.74 Å². The van der Waals surface area contributed by atoms with Crippen molar-refractivity contribution in [3.05, 3.63) is 29.8 Å². The lowest BCUT2D eigenvalue weighted by molar-refractivity contribution is 0.402. The van der Waals surface area contributed by atoms with Crippen molar-refractivity contribution >= 4 is 0 Å². The standard InChI is InChI=1S/C14H23NO/c1-11(2)14(15-3)10-7-12-5-8-13(16-4)9-6-12/h5-6,8-9,11,14-15H,7,10H2,1-4H3. The number of hydrogen-bond donors (Lipinski definition) is 1. The third-order valence-electron chi connectivity index (χ3n) is 3.08. The Morgan fingerprint density at radius 2 is 1.81 bits per heavy atom. The fourth-order valence-corrected chi connectivity index (χ4v) is 1.93. The van der Waals surface area contributed by atoms with Gasteiger partial charge in [-0.15, -0.1) is 0 Å². The summed E-state index contributed by atoms with van der Waals surface area (Å²) in [7, 11) is 3.74. The normalized spacial score (nSPS) is 12.8. The first-order valence-corrected chi connectivity index (χ1v) is 5.97. The third kappa shape index (κ3) is 3.86. The molecule has 90 valence electrons. The fraction of sp³-hybridized carbons (Fsp3) is 0.571. The van der Waals surface area contributed by atoms with Gasteiger partial charge in [0.25, 0.3) is 0 Å². The lowest BCUT2D eigenvalue weighted by atomic mass is 9.97. The van der Waals surface area contributed by atoms with Gasteiger partial charge in [-0.05, 0) is 43.5 Å². The van der Waals surface area contributed by atoms with Gasteiger partial charge in [-0.3, -0.25) is 0 Å². The zero-order valence-electron chi connectivity index (χ0n) is 10.8. The number of hydrogen-bond acceptors (Lipinski definition) is 2. The summed E-state index contributed by atoms with van der Waals surface area (Å²) in [4.78, 5) is 0. The lowest BCUT2D eigenvalue weighted by Crippen LogP contribution is -2.30. The highest BCUT2D eigenvalue weighted by Crippen LogP contribution is 2.15. The van der Waals surface area contributed by atoms with Crippen molar-refractivity contribution in [2.24, 2.45) is 5.92 Å². The molecule has 0 saturated heterocycles. The summed E-state index contributed by atoms with van der Waals surface area (Å²) in [6, 6.07) is 8.94. The first kappa shape index (κ1) is 13.0. The number of rotatable bonds is 6. The van der Waals surface area contributed by atoms with Crippen molar-refractivity contribution in [2.45, 2.75) is 32.7 Å². The van der Waals surface area contributed by atoms with Crippen molar-refractivity contribution in [3.63, 3.8) is 0 Å². The van der Waals surface area contributed by atoms with E-state index in [1.165, 1.54) is 12.0 Å². The summed E-state index contributed by atoms with van der Waals surface area (Å²) in [5.41, 5.74) is 1.38. The van der Waals surface area contributed by atoms with Gasteiger partial charge in [0, 0.05) is 6.04 Å². The van der Waals surface area contributed by atoms with Crippen molar-refractivity contribution in [2.75, 3.05) is 14.2 Å². The van der Waals surface area contributed by atoms with E-state index in [-0.39, 0.29) is 0 Å². The molecule has 1 N–H and O–H groups in total. The van der Waals surface area contributed by atoms with Crippen LogP contribution in [0.1, 0.15) is 25.8 Å². The Morgan fingerprint density at radius 1 is 1.19 bits per heavy atom. The minimum atomic E-state index is 0.599. The number of nitrogens with one attached hydrogen (secondary N) is 1. The van der Waals surface area contributed by atoms with Gasteiger partial charge in [-0.25, -0.2) is 0 Å². The molecule has 1 atom stereocenters. The van der Waals surface area contributed by atoms with Crippen LogP contribution in [0.5, 0.6) is 5.75 Å². The van der Waals surface area contributed by atoms with Crippen LogP contribution in [0.2, 0.25) is 0 Å². The Bertz CT molecular complexity index is 292. The van der Waals surface area contributed by atoms with Gasteiger partial charge in [0.1, 0.15) is 5.75 Å². The summed E-state index contributed by atoms with van der Waals surface area (Å²) < 4.78 is 5.14. The molecule has 0 spiro atoms. The van der Waals surface area contributed by atoms with Crippen LogP contribution in [0.15, 0.2) is 24.3 Å². The third-order valence-corrected chi connectivity index (χ3v) is 3.08. The Balaban J connectivity index is 2.47. The molecular weight excluding hydrogens is 198 g/mol. The highest BCUT2D eigenvalue weighted by atomic mass is 16.5. The fourth-order valence-electron chi connectivity index (χ4n) is 1.93. The molecule has 0 bridgehead atoms. The van der Waals surface area contributed by atoms with Crippen LogP contribution in [-0.4, -0.2) is 20.2 Å². The number of ether oxygens (including phenoxy) is 1. The topological polar surface area (TPSA) is 21.3 Å². The van der Waals surface area contributed by atoms with E-state index in [2.05, 4.69) is 31.3 Å². The predicted molar refractivity (Wildman–Crippen MR) is 69.0 cm³/mol. The smallest absolute Gasteiger partial charge is 0.118 e. The zero-order valence-corrected chi connectivity index (χ0v) is 10.8. The van der Waals surface area contributed by atoms with Gasteiger partial charge in [0.15, 0.2) is 0 Å². The van der Waals surface area contributed by atoms with E-state index in [0.29, 0.717) is 12.0 Å². The molecule has 1 rings (SSSR count). The molecule has 0 aliphatic rings. The van der Waals surface area contributed by atoms with Gasteiger partial charge in [-0.2, -0.15) is 0 Å². The van der Waals surface area contributed by atoms with Crippen LogP contribution in [0.3, 0.4) is 0 Å². The zero-order chi connectivity index (χ0) is 12.0. The van der Waals surface area contributed by atoms with Gasteiger partial charge < -0.3 is 10.1 Å². The maximum Gasteiger partial charge on any atom is 0.118 e. The van der Waals surface area contributed by atoms with Crippen LogP contribution in [-0.2, 0) is 6.42 Å². The minimum absolute atomic E-state index is 0.599. The van der Waals surface area contributed by atoms with Crippen molar-refractivity contribution in [1.82, 2.24) is 5.32 Å². The number of methoxy groups -OCH3 is 1. The van der Waals surface area contributed by atoms with Crippen LogP contribution in [0.4, 0.5) is 0 Å². The van der Waals surface area contributed by atoms with E-state index >= 15 is 0 Å². The first-order valence-electron chi connectivity index (χ1n) is 5.97. The molecular formula is C14H23NO. The Kier molecular flexibility index (Phi) is 5.33. The molecule has 2 heteroatoms. The molecule has 0 aliphatic carbocycles. The molecule has 0 saturated carbocycles. The van der Waals surface area contributed by atoms with E-state index in [1.54, 1.807) is 7.11 Å². The molecule has 0 heterocycles. The largest absolute Gasteiger partial charge is 0.497 e. The van der Waals surface area contributed by atoms with Gasteiger partial charge in [-0.1, -0.05) is 26.0 Å². The summed E-state index contributed by atoms with van der Waals surface area (Å²) in [6.07, 6.45) is 2.30. The molecule has 0 amide bonds. The summed E-state index contributed by atoms with van der Waals surface area (Å²) in [6.45, 7) is 4.52. The average molecular weight is 221 g/mol. The van der Waals surface area contributed by atoms with E-state index in [9.17, 15) is 0 Å². The summed E-state index contributed by atoms with van der Waals surface area (Å²) >= 11 is 0. The molecule has 1 unspecified atom stereocenters. The van der Waals surface area contributed by atoms with E-state index < -0.39 is 0 Å². The molecule has 0 aromatic heterocycles. The summed E-state index contributed by atoms with van der Waals surface area (Å²) in [5, 5.41) is 3.37. The number of benzene rings is 1. The van der Waals surface area contributed by atoms with Gasteiger partial charge in [0.05, 0.1) is 7.11 Å². The molecule has 1 aromatic carbocycles. The van der Waals surface area contributed by atoms with Gasteiger partial charge >= 0.3 is 0 Å². The first-order chi connectivity index (χ1) is 7.67. The average Bonchev–Trinajstić information content (AvgIpc) is 2.30. The predicted octanol–water partition coefficient (Wildman–Crippen LogP) is 2.87. The maximum absolute atomic E-state index is 5.14. The monoisotopic (exact) mass is 221 g/mol. The Labute approximate surface area is 99.0 Å². The molecule has 0 aliphatic heterocycles. The van der Waals surface area contributed by atoms with Crippen LogP contribution in [0, 0.1) is 5.92 Å². The molecule has 0 fully saturated rings. The highest BCUT2D eigenvalue weighted by molar-refractivity contribution is 5.27. The van der Waals surface area contributed by atoms with E-state index in [1.807, 2.05) is 19.2 Å². The van der Waals surface area contributed by atoms with Crippen molar-refractivity contribution in [3.8, 4) is 5.75 Å². The van der Waals surface area contributed by atoms with Crippen LogP contribution in [0.25, 0.3) is 0 Å². The SMILES string of the molecule is CNC(CCc1ccc(OC)cc1)C(C)C. The van der Waals surface area contributed by atoms with Crippen LogP contribution < -0.4 is 10.1 Å². The van der Waals surface area contributed by atoms with E-state index in [0.717, 1.165) is 12.2 Å². The second kappa shape index (κ2) is 6.54. The Hall–Kier alpha value is -1.02. The second-order valence-corrected chi connectivity index (χ2v) is 4.53.